The zero-order valence-corrected chi connectivity index (χ0v) is 16.4. The van der Waals surface area contributed by atoms with Gasteiger partial charge in [0.25, 0.3) is 0 Å². The molecule has 1 N–H and O–H groups in total. The zero-order chi connectivity index (χ0) is 19.6. The molecule has 5 heteroatoms. The molecule has 4 rings (SSSR count). The van der Waals surface area contributed by atoms with Crippen molar-refractivity contribution < 1.29 is 9.13 Å². The van der Waals surface area contributed by atoms with Gasteiger partial charge in [-0.15, -0.1) is 0 Å². The van der Waals surface area contributed by atoms with Gasteiger partial charge in [0.15, 0.2) is 0 Å². The van der Waals surface area contributed by atoms with Crippen molar-refractivity contribution in [2.24, 2.45) is 0 Å². The fourth-order valence-electron chi connectivity index (χ4n) is 4.20. The molecule has 0 bridgehead atoms. The van der Waals surface area contributed by atoms with E-state index in [4.69, 9.17) is 4.74 Å². The van der Waals surface area contributed by atoms with Crippen LogP contribution < -0.4 is 5.32 Å². The Balaban J connectivity index is 1.60. The van der Waals surface area contributed by atoms with Crippen LogP contribution in [0.3, 0.4) is 0 Å². The van der Waals surface area contributed by atoms with Gasteiger partial charge in [-0.2, -0.15) is 0 Å². The Bertz CT molecular complexity index is 952. The van der Waals surface area contributed by atoms with E-state index in [-0.39, 0.29) is 17.3 Å². The number of halogens is 1. The smallest absolute Gasteiger partial charge is 0.123 e. The summed E-state index contributed by atoms with van der Waals surface area (Å²) in [6, 6.07) is 11.2. The number of nitrogens with one attached hydrogen (secondary N) is 1. The van der Waals surface area contributed by atoms with Crippen molar-refractivity contribution in [3.63, 3.8) is 0 Å². The normalized spacial score (nSPS) is 17.5. The molecule has 1 fully saturated rings. The Morgan fingerprint density at radius 1 is 1.18 bits per heavy atom. The predicted octanol–water partition coefficient (Wildman–Crippen LogP) is 4.48. The van der Waals surface area contributed by atoms with E-state index in [2.05, 4.69) is 41.3 Å². The maximum absolute atomic E-state index is 13.4. The molecule has 1 unspecified atom stereocenters. The highest BCUT2D eigenvalue weighted by Gasteiger charge is 2.35. The third-order valence-corrected chi connectivity index (χ3v) is 5.85. The molecule has 3 aromatic rings. The lowest BCUT2D eigenvalue weighted by Crippen LogP contribution is -2.43. The van der Waals surface area contributed by atoms with Gasteiger partial charge < -0.3 is 10.1 Å². The van der Waals surface area contributed by atoms with Crippen LogP contribution in [0, 0.1) is 12.7 Å². The average Bonchev–Trinajstić information content (AvgIpc) is 2.72. The molecule has 0 saturated carbocycles. The number of hydrogen-bond donors (Lipinski definition) is 1. The summed E-state index contributed by atoms with van der Waals surface area (Å²) in [5.74, 6) is -0.201. The first kappa shape index (κ1) is 19.0. The summed E-state index contributed by atoms with van der Waals surface area (Å²) in [6.45, 7) is 6.64. The van der Waals surface area contributed by atoms with Crippen LogP contribution in [0.4, 0.5) is 4.39 Å². The highest BCUT2D eigenvalue weighted by Crippen LogP contribution is 2.36. The Labute approximate surface area is 165 Å². The minimum Gasteiger partial charge on any atom is -0.373 e. The molecule has 1 atom stereocenters. The van der Waals surface area contributed by atoms with Crippen molar-refractivity contribution in [3.8, 4) is 0 Å². The summed E-state index contributed by atoms with van der Waals surface area (Å²) in [7, 11) is 0. The predicted molar refractivity (Wildman–Crippen MR) is 109 cm³/mol. The lowest BCUT2D eigenvalue weighted by Gasteiger charge is -2.39. The molecular formula is C23H26FN3O. The highest BCUT2D eigenvalue weighted by atomic mass is 19.1. The molecule has 0 spiro atoms. The van der Waals surface area contributed by atoms with Crippen molar-refractivity contribution in [1.82, 2.24) is 15.3 Å². The van der Waals surface area contributed by atoms with Gasteiger partial charge in [0, 0.05) is 22.6 Å². The number of piperidine rings is 1. The van der Waals surface area contributed by atoms with Crippen molar-refractivity contribution in [1.29, 1.82) is 0 Å². The lowest BCUT2D eigenvalue weighted by atomic mass is 9.74. The monoisotopic (exact) mass is 379 g/mol. The summed E-state index contributed by atoms with van der Waals surface area (Å²) >= 11 is 0. The Kier molecular flexibility index (Phi) is 5.38. The molecular weight excluding hydrogens is 353 g/mol. The molecule has 2 heterocycles. The van der Waals surface area contributed by atoms with Crippen LogP contribution in [-0.4, -0.2) is 29.7 Å². The number of fused-ring (bicyclic) bond motifs is 1. The summed E-state index contributed by atoms with van der Waals surface area (Å²) in [5.41, 5.74) is 4.25. The third kappa shape index (κ3) is 3.77. The number of aromatic nitrogens is 2. The van der Waals surface area contributed by atoms with Gasteiger partial charge in [0.05, 0.1) is 18.2 Å². The fraction of sp³-hybridized carbons (Fsp3) is 0.391. The van der Waals surface area contributed by atoms with Gasteiger partial charge in [-0.3, -0.25) is 0 Å². The fourth-order valence-corrected chi connectivity index (χ4v) is 4.20. The summed E-state index contributed by atoms with van der Waals surface area (Å²) in [5, 5.41) is 4.46. The molecule has 4 nitrogen and oxygen atoms in total. The molecule has 28 heavy (non-hydrogen) atoms. The van der Waals surface area contributed by atoms with Crippen molar-refractivity contribution in [2.45, 2.75) is 38.2 Å². The summed E-state index contributed by atoms with van der Waals surface area (Å²) < 4.78 is 19.9. The topological polar surface area (TPSA) is 47.0 Å². The third-order valence-electron chi connectivity index (χ3n) is 5.85. The van der Waals surface area contributed by atoms with E-state index >= 15 is 0 Å². The summed E-state index contributed by atoms with van der Waals surface area (Å²) in [6.07, 6.45) is 5.29. The van der Waals surface area contributed by atoms with Gasteiger partial charge in [0.1, 0.15) is 12.1 Å². The number of aryl methyl sites for hydroxylation is 1. The SMILES string of the molecule is Cc1cc(C(C)OCC2(c3ccc(F)cc3)CCNCC2)c2ncncc2c1. The first-order chi connectivity index (χ1) is 13.6. The Morgan fingerprint density at radius 3 is 2.68 bits per heavy atom. The quantitative estimate of drug-likeness (QED) is 0.710. The van der Waals surface area contributed by atoms with Crippen molar-refractivity contribution in [2.75, 3.05) is 19.7 Å². The molecule has 1 saturated heterocycles. The van der Waals surface area contributed by atoms with Gasteiger partial charge >= 0.3 is 0 Å². The van der Waals surface area contributed by atoms with E-state index in [9.17, 15) is 4.39 Å². The second kappa shape index (κ2) is 7.94. The molecule has 1 aliphatic heterocycles. The molecule has 0 amide bonds. The van der Waals surface area contributed by atoms with Crippen LogP contribution >= 0.6 is 0 Å². The second-order valence-electron chi connectivity index (χ2n) is 7.81. The molecule has 0 radical (unpaired) electrons. The minimum atomic E-state index is -0.201. The van der Waals surface area contributed by atoms with Crippen LogP contribution in [0.15, 0.2) is 48.9 Å². The second-order valence-corrected chi connectivity index (χ2v) is 7.81. The largest absolute Gasteiger partial charge is 0.373 e. The van der Waals surface area contributed by atoms with Crippen LogP contribution in [0.5, 0.6) is 0 Å². The van der Waals surface area contributed by atoms with E-state index in [1.165, 1.54) is 5.56 Å². The lowest BCUT2D eigenvalue weighted by molar-refractivity contribution is 0.0172. The standard InChI is InChI=1S/C23H26FN3O/c1-16-11-18-13-26-15-27-22(18)21(12-16)17(2)28-14-23(7-9-25-10-8-23)19-3-5-20(24)6-4-19/h3-6,11-13,15,17,25H,7-10,14H2,1-2H3. The Hall–Kier alpha value is -2.37. The number of hydrogen-bond acceptors (Lipinski definition) is 4. The first-order valence-electron chi connectivity index (χ1n) is 9.86. The zero-order valence-electron chi connectivity index (χ0n) is 16.4. The minimum absolute atomic E-state index is 0.0930. The van der Waals surface area contributed by atoms with Crippen LogP contribution in [-0.2, 0) is 10.2 Å². The molecule has 0 aliphatic carbocycles. The number of ether oxygens (including phenoxy) is 1. The van der Waals surface area contributed by atoms with Gasteiger partial charge in [0.2, 0.25) is 0 Å². The van der Waals surface area contributed by atoms with E-state index < -0.39 is 0 Å². The maximum atomic E-state index is 13.4. The molecule has 1 aromatic heterocycles. The van der Waals surface area contributed by atoms with Crippen molar-refractivity contribution >= 4 is 10.9 Å². The molecule has 1 aliphatic rings. The van der Waals surface area contributed by atoms with E-state index in [1.807, 2.05) is 18.3 Å². The van der Waals surface area contributed by atoms with Crippen molar-refractivity contribution in [3.05, 3.63) is 71.4 Å². The van der Waals surface area contributed by atoms with Gasteiger partial charge in [-0.1, -0.05) is 18.2 Å². The van der Waals surface area contributed by atoms with E-state index in [0.29, 0.717) is 6.61 Å². The number of rotatable bonds is 5. The van der Waals surface area contributed by atoms with Gasteiger partial charge in [-0.25, -0.2) is 14.4 Å². The molecule has 146 valence electrons. The van der Waals surface area contributed by atoms with Gasteiger partial charge in [-0.05, 0) is 69.1 Å². The number of nitrogens with zero attached hydrogens (tertiary/aromatic N) is 2. The average molecular weight is 379 g/mol. The molecule has 2 aromatic carbocycles. The van der Waals surface area contributed by atoms with Crippen LogP contribution in [0.2, 0.25) is 0 Å². The van der Waals surface area contributed by atoms with Crippen LogP contribution in [0.25, 0.3) is 10.9 Å². The Morgan fingerprint density at radius 2 is 1.93 bits per heavy atom. The van der Waals surface area contributed by atoms with E-state index in [1.54, 1.807) is 18.5 Å². The first-order valence-corrected chi connectivity index (χ1v) is 9.86. The highest BCUT2D eigenvalue weighted by molar-refractivity contribution is 5.82. The summed E-state index contributed by atoms with van der Waals surface area (Å²) in [4.78, 5) is 8.62. The maximum Gasteiger partial charge on any atom is 0.123 e. The van der Waals surface area contributed by atoms with Crippen LogP contribution in [0.1, 0.15) is 42.6 Å². The number of benzene rings is 2. The van der Waals surface area contributed by atoms with E-state index in [0.717, 1.165) is 48.0 Å².